The lowest BCUT2D eigenvalue weighted by molar-refractivity contribution is -0.141. The summed E-state index contributed by atoms with van der Waals surface area (Å²) in [4.78, 5) is 34.7. The Kier molecular flexibility index (Phi) is 11.9. The molecule has 1 atom stereocenters. The number of aliphatic carboxylic acids is 1. The number of carbonyl (C=O) groups is 3. The second-order valence-electron chi connectivity index (χ2n) is 6.01. The second-order valence-corrected chi connectivity index (χ2v) is 6.01. The molecule has 1 amide bonds. The van der Waals surface area contributed by atoms with Crippen molar-refractivity contribution in [3.05, 3.63) is 60.7 Å². The topological polar surface area (TPSA) is 95.9 Å². The van der Waals surface area contributed by atoms with Gasteiger partial charge >= 0.3 is 11.9 Å². The Hall–Kier alpha value is -2.93. The van der Waals surface area contributed by atoms with Gasteiger partial charge in [-0.25, -0.2) is 9.59 Å². The molecule has 148 valence electrons. The van der Waals surface area contributed by atoms with E-state index in [9.17, 15) is 14.4 Å². The third-order valence-corrected chi connectivity index (χ3v) is 3.20. The molecule has 1 rings (SSSR count). The summed E-state index contributed by atoms with van der Waals surface area (Å²) in [7, 11) is 3.85. The van der Waals surface area contributed by atoms with Crippen molar-refractivity contribution in [2.24, 2.45) is 0 Å². The maximum atomic E-state index is 11.0. The molecular weight excluding hydrogens is 348 g/mol. The molecule has 1 unspecified atom stereocenters. The van der Waals surface area contributed by atoms with Crippen molar-refractivity contribution in [1.82, 2.24) is 10.2 Å². The first kappa shape index (κ1) is 24.1. The SMILES string of the molecule is C=C(C)C(=O)OCCN(C)C.C=CC(=O)NC(Cc1ccccc1)C(=O)O. The largest absolute Gasteiger partial charge is 0.480 e. The second kappa shape index (κ2) is 13.3. The number of rotatable bonds is 9. The van der Waals surface area contributed by atoms with E-state index in [-0.39, 0.29) is 12.4 Å². The zero-order valence-corrected chi connectivity index (χ0v) is 16.1. The molecule has 27 heavy (non-hydrogen) atoms. The van der Waals surface area contributed by atoms with Gasteiger partial charge < -0.3 is 20.1 Å². The van der Waals surface area contributed by atoms with Gasteiger partial charge in [0.1, 0.15) is 12.6 Å². The van der Waals surface area contributed by atoms with Crippen molar-refractivity contribution in [3.8, 4) is 0 Å². The first-order chi connectivity index (χ1) is 12.7. The number of carbonyl (C=O) groups excluding carboxylic acids is 2. The summed E-state index contributed by atoms with van der Waals surface area (Å²) in [6.07, 6.45) is 1.32. The smallest absolute Gasteiger partial charge is 0.333 e. The number of amides is 1. The fraction of sp³-hybridized carbons (Fsp3) is 0.350. The van der Waals surface area contributed by atoms with Crippen molar-refractivity contribution in [1.29, 1.82) is 0 Å². The summed E-state index contributed by atoms with van der Waals surface area (Å²) in [6, 6.07) is 8.20. The molecule has 0 aliphatic rings. The van der Waals surface area contributed by atoms with Gasteiger partial charge in [0.05, 0.1) is 0 Å². The molecule has 7 heteroatoms. The number of esters is 1. The summed E-state index contributed by atoms with van der Waals surface area (Å²) < 4.78 is 4.83. The number of likely N-dealkylation sites (N-methyl/N-ethyl adjacent to an activating group) is 1. The van der Waals surface area contributed by atoms with Crippen molar-refractivity contribution < 1.29 is 24.2 Å². The predicted molar refractivity (Wildman–Crippen MR) is 104 cm³/mol. The molecule has 0 spiro atoms. The van der Waals surface area contributed by atoms with E-state index >= 15 is 0 Å². The molecule has 2 N–H and O–H groups in total. The van der Waals surface area contributed by atoms with E-state index in [1.54, 1.807) is 6.92 Å². The molecule has 0 radical (unpaired) electrons. The van der Waals surface area contributed by atoms with Crippen LogP contribution in [0.2, 0.25) is 0 Å². The van der Waals surface area contributed by atoms with Crippen LogP contribution in [0.5, 0.6) is 0 Å². The molecule has 0 fully saturated rings. The summed E-state index contributed by atoms with van der Waals surface area (Å²) in [5, 5.41) is 11.3. The Labute approximate surface area is 160 Å². The zero-order valence-electron chi connectivity index (χ0n) is 16.1. The fourth-order valence-corrected chi connectivity index (χ4v) is 1.72. The average Bonchev–Trinajstić information content (AvgIpc) is 2.61. The van der Waals surface area contributed by atoms with E-state index in [4.69, 9.17) is 9.84 Å². The van der Waals surface area contributed by atoms with E-state index in [1.165, 1.54) is 0 Å². The van der Waals surface area contributed by atoms with Gasteiger partial charge in [-0.15, -0.1) is 0 Å². The van der Waals surface area contributed by atoms with Gasteiger partial charge in [0, 0.05) is 18.5 Å². The summed E-state index contributed by atoms with van der Waals surface area (Å²) >= 11 is 0. The van der Waals surface area contributed by atoms with Crippen LogP contribution in [0.15, 0.2) is 55.1 Å². The molecule has 0 aliphatic carbocycles. The monoisotopic (exact) mass is 376 g/mol. The van der Waals surface area contributed by atoms with Crippen LogP contribution in [0.25, 0.3) is 0 Å². The van der Waals surface area contributed by atoms with E-state index in [2.05, 4.69) is 18.5 Å². The van der Waals surface area contributed by atoms with E-state index in [0.29, 0.717) is 12.2 Å². The van der Waals surface area contributed by atoms with Crippen LogP contribution in [0.1, 0.15) is 12.5 Å². The van der Waals surface area contributed by atoms with Crippen LogP contribution in [0, 0.1) is 0 Å². The van der Waals surface area contributed by atoms with Crippen LogP contribution < -0.4 is 5.32 Å². The number of ether oxygens (including phenoxy) is 1. The van der Waals surface area contributed by atoms with Gasteiger partial charge in [-0.1, -0.05) is 43.5 Å². The number of hydrogen-bond acceptors (Lipinski definition) is 5. The molecule has 0 bridgehead atoms. The molecule has 0 aliphatic heterocycles. The minimum absolute atomic E-state index is 0.260. The first-order valence-electron chi connectivity index (χ1n) is 8.34. The maximum Gasteiger partial charge on any atom is 0.333 e. The summed E-state index contributed by atoms with van der Waals surface area (Å²) in [5.41, 5.74) is 1.31. The first-order valence-corrected chi connectivity index (χ1v) is 8.34. The number of carboxylic acid groups (broad SMARTS) is 1. The van der Waals surface area contributed by atoms with E-state index in [0.717, 1.165) is 18.2 Å². The molecular formula is C20H28N2O5. The number of carboxylic acids is 1. The van der Waals surface area contributed by atoms with Gasteiger partial charge in [-0.3, -0.25) is 4.79 Å². The van der Waals surface area contributed by atoms with E-state index < -0.39 is 17.9 Å². The highest BCUT2D eigenvalue weighted by molar-refractivity contribution is 5.90. The summed E-state index contributed by atoms with van der Waals surface area (Å²) in [5.74, 6) is -1.85. The van der Waals surface area contributed by atoms with Crippen molar-refractivity contribution in [2.75, 3.05) is 27.2 Å². The normalized spacial score (nSPS) is 10.8. The molecule has 0 saturated carbocycles. The summed E-state index contributed by atoms with van der Waals surface area (Å²) in [6.45, 7) is 9.55. The fourth-order valence-electron chi connectivity index (χ4n) is 1.72. The number of hydrogen-bond donors (Lipinski definition) is 2. The Morgan fingerprint density at radius 3 is 2.30 bits per heavy atom. The minimum Gasteiger partial charge on any atom is -0.480 e. The van der Waals surface area contributed by atoms with Gasteiger partial charge in [-0.05, 0) is 32.7 Å². The molecule has 0 saturated heterocycles. The molecule has 0 heterocycles. The van der Waals surface area contributed by atoms with Crippen molar-refractivity contribution >= 4 is 17.8 Å². The van der Waals surface area contributed by atoms with Gasteiger partial charge in [-0.2, -0.15) is 0 Å². The highest BCUT2D eigenvalue weighted by atomic mass is 16.5. The molecule has 1 aromatic rings. The van der Waals surface area contributed by atoms with Crippen LogP contribution in [-0.2, 0) is 25.5 Å². The molecule has 0 aromatic heterocycles. The highest BCUT2D eigenvalue weighted by Crippen LogP contribution is 2.03. The van der Waals surface area contributed by atoms with E-state index in [1.807, 2.05) is 49.3 Å². The third kappa shape index (κ3) is 12.1. The number of nitrogens with one attached hydrogen (secondary N) is 1. The van der Waals surface area contributed by atoms with Crippen LogP contribution in [0.4, 0.5) is 0 Å². The lowest BCUT2D eigenvalue weighted by atomic mass is 10.1. The number of benzene rings is 1. The average molecular weight is 376 g/mol. The van der Waals surface area contributed by atoms with Gasteiger partial charge in [0.2, 0.25) is 5.91 Å². The van der Waals surface area contributed by atoms with Crippen LogP contribution >= 0.6 is 0 Å². The predicted octanol–water partition coefficient (Wildman–Crippen LogP) is 1.65. The zero-order chi connectivity index (χ0) is 20.8. The van der Waals surface area contributed by atoms with Crippen molar-refractivity contribution in [3.63, 3.8) is 0 Å². The number of nitrogens with zero attached hydrogens (tertiary/aromatic N) is 1. The molecule has 1 aromatic carbocycles. The lowest BCUT2D eigenvalue weighted by Gasteiger charge is -2.13. The quantitative estimate of drug-likeness (QED) is 0.503. The van der Waals surface area contributed by atoms with Crippen molar-refractivity contribution in [2.45, 2.75) is 19.4 Å². The maximum absolute atomic E-state index is 11.0. The Balaban J connectivity index is 0.000000541. The van der Waals surface area contributed by atoms with Gasteiger partial charge in [0.25, 0.3) is 0 Å². The lowest BCUT2D eigenvalue weighted by Crippen LogP contribution is -2.41. The Bertz CT molecular complexity index is 641. The highest BCUT2D eigenvalue weighted by Gasteiger charge is 2.18. The third-order valence-electron chi connectivity index (χ3n) is 3.20. The van der Waals surface area contributed by atoms with Crippen LogP contribution in [-0.4, -0.2) is 61.1 Å². The molecule has 7 nitrogen and oxygen atoms in total. The Morgan fingerprint density at radius 1 is 1.26 bits per heavy atom. The Morgan fingerprint density at radius 2 is 1.85 bits per heavy atom. The standard InChI is InChI=1S/C12H13NO3.C8H15NO2/c1-2-11(14)13-10(12(15)16)8-9-6-4-3-5-7-9;1-7(2)8(10)11-6-5-9(3)4/h2-7,10H,1,8H2,(H,13,14)(H,15,16);1,5-6H2,2-4H3. The van der Waals surface area contributed by atoms with Gasteiger partial charge in [0.15, 0.2) is 0 Å². The minimum atomic E-state index is -1.06. The van der Waals surface area contributed by atoms with Crippen LogP contribution in [0.3, 0.4) is 0 Å².